The number of methoxy groups -OCH3 is 1. The van der Waals surface area contributed by atoms with E-state index in [-0.39, 0.29) is 5.56 Å². The number of aromatic carboxylic acids is 1. The van der Waals surface area contributed by atoms with Crippen molar-refractivity contribution in [2.24, 2.45) is 0 Å². The Morgan fingerprint density at radius 2 is 1.88 bits per heavy atom. The van der Waals surface area contributed by atoms with Crippen LogP contribution in [-0.4, -0.2) is 49.3 Å². The molecule has 132 valence electrons. The van der Waals surface area contributed by atoms with Gasteiger partial charge in [-0.05, 0) is 29.8 Å². The number of carbonyl (C=O) groups is 1. The van der Waals surface area contributed by atoms with E-state index in [1.165, 1.54) is 6.07 Å². The SMILES string of the molecule is COc1ccccc1N1CCN(Cc2ccc(F)cc2C(=O)O)CC1. The van der Waals surface area contributed by atoms with E-state index >= 15 is 0 Å². The zero-order valence-corrected chi connectivity index (χ0v) is 14.1. The average Bonchev–Trinajstić information content (AvgIpc) is 2.63. The van der Waals surface area contributed by atoms with Crippen molar-refractivity contribution < 1.29 is 19.0 Å². The summed E-state index contributed by atoms with van der Waals surface area (Å²) in [6.45, 7) is 3.75. The van der Waals surface area contributed by atoms with Crippen LogP contribution >= 0.6 is 0 Å². The van der Waals surface area contributed by atoms with E-state index in [1.807, 2.05) is 24.3 Å². The van der Waals surface area contributed by atoms with Gasteiger partial charge < -0.3 is 14.7 Å². The number of halogens is 1. The summed E-state index contributed by atoms with van der Waals surface area (Å²) in [7, 11) is 1.66. The molecular formula is C19H21FN2O3. The van der Waals surface area contributed by atoms with Gasteiger partial charge in [0.15, 0.2) is 0 Å². The molecule has 1 fully saturated rings. The minimum atomic E-state index is -1.10. The smallest absolute Gasteiger partial charge is 0.336 e. The highest BCUT2D eigenvalue weighted by atomic mass is 19.1. The zero-order valence-electron chi connectivity index (χ0n) is 14.1. The van der Waals surface area contributed by atoms with Crippen LogP contribution in [0.4, 0.5) is 10.1 Å². The molecule has 6 heteroatoms. The first kappa shape index (κ1) is 17.2. The highest BCUT2D eigenvalue weighted by Gasteiger charge is 2.21. The van der Waals surface area contributed by atoms with Gasteiger partial charge in [-0.3, -0.25) is 4.90 Å². The van der Waals surface area contributed by atoms with E-state index in [0.29, 0.717) is 12.1 Å². The molecule has 1 aliphatic heterocycles. The molecule has 1 N–H and O–H groups in total. The number of anilines is 1. The second-order valence-corrected chi connectivity index (χ2v) is 6.04. The van der Waals surface area contributed by atoms with Crippen molar-refractivity contribution in [1.82, 2.24) is 4.90 Å². The van der Waals surface area contributed by atoms with Crippen molar-refractivity contribution in [2.75, 3.05) is 38.2 Å². The molecule has 0 unspecified atom stereocenters. The normalized spacial score (nSPS) is 15.2. The number of hydrogen-bond donors (Lipinski definition) is 1. The molecule has 0 saturated carbocycles. The largest absolute Gasteiger partial charge is 0.495 e. The molecule has 2 aromatic rings. The standard InChI is InChI=1S/C19H21FN2O3/c1-25-18-5-3-2-4-17(18)22-10-8-21(9-11-22)13-14-6-7-15(20)12-16(14)19(23)24/h2-7,12H,8-11,13H2,1H3,(H,23,24). The van der Waals surface area contributed by atoms with Gasteiger partial charge in [-0.1, -0.05) is 18.2 Å². The summed E-state index contributed by atoms with van der Waals surface area (Å²) in [5.41, 5.74) is 1.74. The molecule has 3 rings (SSSR count). The van der Waals surface area contributed by atoms with Gasteiger partial charge in [-0.2, -0.15) is 0 Å². The van der Waals surface area contributed by atoms with Crippen LogP contribution in [0.3, 0.4) is 0 Å². The summed E-state index contributed by atoms with van der Waals surface area (Å²) in [6, 6.07) is 11.9. The van der Waals surface area contributed by atoms with Crippen molar-refractivity contribution in [3.63, 3.8) is 0 Å². The third-order valence-corrected chi connectivity index (χ3v) is 4.49. The lowest BCUT2D eigenvalue weighted by molar-refractivity contribution is 0.0693. The van der Waals surface area contributed by atoms with Crippen LogP contribution in [0, 0.1) is 5.82 Å². The van der Waals surface area contributed by atoms with E-state index in [0.717, 1.165) is 43.7 Å². The van der Waals surface area contributed by atoms with Crippen LogP contribution in [0.1, 0.15) is 15.9 Å². The molecule has 0 spiro atoms. The van der Waals surface area contributed by atoms with Gasteiger partial charge in [-0.25, -0.2) is 9.18 Å². The van der Waals surface area contributed by atoms with Gasteiger partial charge in [0, 0.05) is 32.7 Å². The number of para-hydroxylation sites is 2. The fourth-order valence-electron chi connectivity index (χ4n) is 3.16. The molecule has 0 atom stereocenters. The van der Waals surface area contributed by atoms with Crippen LogP contribution in [0.5, 0.6) is 5.75 Å². The summed E-state index contributed by atoms with van der Waals surface area (Å²) in [5.74, 6) is -0.771. The molecule has 25 heavy (non-hydrogen) atoms. The van der Waals surface area contributed by atoms with Gasteiger partial charge in [-0.15, -0.1) is 0 Å². The maximum atomic E-state index is 13.3. The van der Waals surface area contributed by atoms with Crippen molar-refractivity contribution >= 4 is 11.7 Å². The van der Waals surface area contributed by atoms with E-state index < -0.39 is 11.8 Å². The molecule has 0 radical (unpaired) electrons. The van der Waals surface area contributed by atoms with E-state index in [1.54, 1.807) is 13.2 Å². The second kappa shape index (κ2) is 7.53. The lowest BCUT2D eigenvalue weighted by atomic mass is 10.1. The fraction of sp³-hybridized carbons (Fsp3) is 0.316. The highest BCUT2D eigenvalue weighted by molar-refractivity contribution is 5.89. The second-order valence-electron chi connectivity index (χ2n) is 6.04. The van der Waals surface area contributed by atoms with E-state index in [2.05, 4.69) is 9.80 Å². The number of hydrogen-bond acceptors (Lipinski definition) is 4. The van der Waals surface area contributed by atoms with E-state index in [4.69, 9.17) is 4.74 Å². The number of carboxylic acid groups (broad SMARTS) is 1. The Hall–Kier alpha value is -2.60. The highest BCUT2D eigenvalue weighted by Crippen LogP contribution is 2.28. The topological polar surface area (TPSA) is 53.0 Å². The molecule has 0 amide bonds. The van der Waals surface area contributed by atoms with Crippen LogP contribution in [0.25, 0.3) is 0 Å². The van der Waals surface area contributed by atoms with E-state index in [9.17, 15) is 14.3 Å². The van der Waals surface area contributed by atoms with Crippen molar-refractivity contribution in [3.8, 4) is 5.75 Å². The third-order valence-electron chi connectivity index (χ3n) is 4.49. The number of ether oxygens (including phenoxy) is 1. The number of nitrogens with zero attached hydrogens (tertiary/aromatic N) is 2. The number of rotatable bonds is 5. The molecule has 1 heterocycles. The molecule has 5 nitrogen and oxygen atoms in total. The molecular weight excluding hydrogens is 323 g/mol. The summed E-state index contributed by atoms with van der Waals surface area (Å²) in [6.07, 6.45) is 0. The summed E-state index contributed by atoms with van der Waals surface area (Å²) in [4.78, 5) is 15.8. The van der Waals surface area contributed by atoms with Crippen LogP contribution < -0.4 is 9.64 Å². The first-order chi connectivity index (χ1) is 12.1. The Labute approximate surface area is 146 Å². The van der Waals surface area contributed by atoms with Gasteiger partial charge in [0.1, 0.15) is 11.6 Å². The average molecular weight is 344 g/mol. The Bertz CT molecular complexity index is 758. The van der Waals surface area contributed by atoms with Crippen LogP contribution in [0.15, 0.2) is 42.5 Å². The summed E-state index contributed by atoms with van der Waals surface area (Å²) >= 11 is 0. The predicted molar refractivity (Wildman–Crippen MR) is 93.8 cm³/mol. The molecule has 0 bridgehead atoms. The van der Waals surface area contributed by atoms with Crippen molar-refractivity contribution in [3.05, 3.63) is 59.4 Å². The maximum Gasteiger partial charge on any atom is 0.336 e. The molecule has 1 saturated heterocycles. The lowest BCUT2D eigenvalue weighted by Crippen LogP contribution is -2.46. The van der Waals surface area contributed by atoms with Crippen molar-refractivity contribution in [2.45, 2.75) is 6.54 Å². The Balaban J connectivity index is 1.66. The van der Waals surface area contributed by atoms with Gasteiger partial charge in [0.05, 0.1) is 18.4 Å². The van der Waals surface area contributed by atoms with Gasteiger partial charge >= 0.3 is 5.97 Å². The monoisotopic (exact) mass is 344 g/mol. The quantitative estimate of drug-likeness (QED) is 0.904. The van der Waals surface area contributed by atoms with Crippen LogP contribution in [-0.2, 0) is 6.54 Å². The summed E-state index contributed by atoms with van der Waals surface area (Å²) < 4.78 is 18.7. The van der Waals surface area contributed by atoms with Gasteiger partial charge in [0.2, 0.25) is 0 Å². The number of carboxylic acids is 1. The Kier molecular flexibility index (Phi) is 5.19. The lowest BCUT2D eigenvalue weighted by Gasteiger charge is -2.36. The minimum absolute atomic E-state index is 0.0344. The molecule has 2 aromatic carbocycles. The summed E-state index contributed by atoms with van der Waals surface area (Å²) in [5, 5.41) is 9.26. The fourth-order valence-corrected chi connectivity index (χ4v) is 3.16. The Morgan fingerprint density at radius 3 is 2.56 bits per heavy atom. The predicted octanol–water partition coefficient (Wildman–Crippen LogP) is 2.85. The van der Waals surface area contributed by atoms with Gasteiger partial charge in [0.25, 0.3) is 0 Å². The van der Waals surface area contributed by atoms with Crippen molar-refractivity contribution in [1.29, 1.82) is 0 Å². The molecule has 1 aliphatic rings. The minimum Gasteiger partial charge on any atom is -0.495 e. The number of piperazine rings is 1. The molecule has 0 aliphatic carbocycles. The zero-order chi connectivity index (χ0) is 17.8. The molecule has 0 aromatic heterocycles. The first-order valence-corrected chi connectivity index (χ1v) is 8.20. The first-order valence-electron chi connectivity index (χ1n) is 8.20. The third kappa shape index (κ3) is 3.91. The maximum absolute atomic E-state index is 13.3. The van der Waals surface area contributed by atoms with Crippen LogP contribution in [0.2, 0.25) is 0 Å². The Morgan fingerprint density at radius 1 is 1.16 bits per heavy atom. The number of benzene rings is 2.